The summed E-state index contributed by atoms with van der Waals surface area (Å²) >= 11 is 4.11. The van der Waals surface area contributed by atoms with Crippen LogP contribution in [0.15, 0.2) is 95.7 Å². The summed E-state index contributed by atoms with van der Waals surface area (Å²) in [5, 5.41) is 13.7. The van der Waals surface area contributed by atoms with Gasteiger partial charge in [-0.05, 0) is 116 Å². The zero-order valence-corrected chi connectivity index (χ0v) is 36.9. The number of methoxy groups -OCH3 is 1. The predicted molar refractivity (Wildman–Crippen MR) is 242 cm³/mol. The molecule has 1 aliphatic heterocycles. The number of carbonyl (C=O) groups is 1. The van der Waals surface area contributed by atoms with E-state index in [-0.39, 0.29) is 45.1 Å². The lowest BCUT2D eigenvalue weighted by molar-refractivity contribution is -0.386. The molecule has 3 aromatic carbocycles. The molecule has 2 aromatic heterocycles. The number of ether oxygens (including phenoxy) is 3. The minimum Gasteiger partial charge on any atom is -0.588 e. The first-order valence-corrected chi connectivity index (χ1v) is 22.8. The number of nitrogens with zero attached hydrogens (tertiary/aromatic N) is 4. The molecular weight excluding hydrogens is 828 g/mol. The molecule has 2 fully saturated rings. The number of amides is 1. The molecule has 1 saturated heterocycles. The Hall–Kier alpha value is -5.12. The third-order valence-electron chi connectivity index (χ3n) is 12.5. The summed E-state index contributed by atoms with van der Waals surface area (Å²) in [6.45, 7) is 9.20. The van der Waals surface area contributed by atoms with Gasteiger partial charge < -0.3 is 28.6 Å². The number of benzene rings is 3. The molecule has 3 heterocycles. The van der Waals surface area contributed by atoms with Gasteiger partial charge in [0, 0.05) is 68.2 Å². The maximum atomic E-state index is 13.9. The summed E-state index contributed by atoms with van der Waals surface area (Å²) < 4.78 is 33.9. The van der Waals surface area contributed by atoms with E-state index in [1.54, 1.807) is 25.6 Å². The van der Waals surface area contributed by atoms with Gasteiger partial charge in [0.25, 0.3) is 5.91 Å². The molecular formula is C47H53ClN6O7S. The fourth-order valence-electron chi connectivity index (χ4n) is 8.80. The van der Waals surface area contributed by atoms with E-state index in [0.29, 0.717) is 18.0 Å². The van der Waals surface area contributed by atoms with Crippen molar-refractivity contribution in [2.45, 2.75) is 69.8 Å². The molecule has 15 heteroatoms. The highest BCUT2D eigenvalue weighted by Crippen LogP contribution is 2.43. The lowest BCUT2D eigenvalue weighted by Crippen LogP contribution is -2.47. The van der Waals surface area contributed by atoms with E-state index in [1.165, 1.54) is 34.9 Å². The average Bonchev–Trinajstić information content (AvgIpc) is 3.75. The average molecular weight is 881 g/mol. The third kappa shape index (κ3) is 10.4. The van der Waals surface area contributed by atoms with Crippen LogP contribution in [-0.2, 0) is 16.1 Å². The summed E-state index contributed by atoms with van der Waals surface area (Å²) in [6.07, 6.45) is 10.5. The normalized spacial score (nSPS) is 19.9. The smallest absolute Gasteiger partial charge is 0.316 e. The molecule has 2 aliphatic carbocycles. The molecule has 8 rings (SSSR count). The van der Waals surface area contributed by atoms with Crippen LogP contribution in [0.1, 0.15) is 74.7 Å². The second kappa shape index (κ2) is 19.1. The molecule has 1 amide bonds. The predicted octanol–water partition coefficient (Wildman–Crippen LogP) is 9.74. The minimum atomic E-state index is -2.14. The van der Waals surface area contributed by atoms with E-state index in [0.717, 1.165) is 93.8 Å². The highest BCUT2D eigenvalue weighted by Gasteiger charge is 2.31. The number of halogens is 1. The molecule has 0 bridgehead atoms. The van der Waals surface area contributed by atoms with E-state index in [9.17, 15) is 19.5 Å². The Labute approximate surface area is 370 Å². The van der Waals surface area contributed by atoms with Gasteiger partial charge in [-0.2, -0.15) is 4.72 Å². The Balaban J connectivity index is 0.971. The first kappa shape index (κ1) is 43.5. The van der Waals surface area contributed by atoms with Crippen LogP contribution < -0.4 is 19.1 Å². The second-order valence-electron chi connectivity index (χ2n) is 17.3. The molecule has 0 spiro atoms. The highest BCUT2D eigenvalue weighted by atomic mass is 35.5. The topological polar surface area (TPSA) is 158 Å². The number of nitro groups is 1. The summed E-state index contributed by atoms with van der Waals surface area (Å²) in [6, 6.07) is 21.4. The third-order valence-corrected chi connectivity index (χ3v) is 13.8. The maximum Gasteiger partial charge on any atom is 0.316 e. The molecule has 1 atom stereocenters. The van der Waals surface area contributed by atoms with Crippen LogP contribution in [-0.4, -0.2) is 82.8 Å². The molecule has 13 nitrogen and oxygen atoms in total. The van der Waals surface area contributed by atoms with Gasteiger partial charge >= 0.3 is 5.69 Å². The van der Waals surface area contributed by atoms with Crippen molar-refractivity contribution < 1.29 is 28.5 Å². The van der Waals surface area contributed by atoms with Gasteiger partial charge in [0.2, 0.25) is 0 Å². The molecule has 1 unspecified atom stereocenters. The van der Waals surface area contributed by atoms with Crippen LogP contribution in [0.25, 0.3) is 16.6 Å². The Morgan fingerprint density at radius 2 is 1.77 bits per heavy atom. The Bertz CT molecular complexity index is 2430. The van der Waals surface area contributed by atoms with Crippen LogP contribution in [0.2, 0.25) is 5.02 Å². The minimum absolute atomic E-state index is 0.0602. The van der Waals surface area contributed by atoms with Gasteiger partial charge in [-0.25, -0.2) is 4.98 Å². The number of H-pyrrole nitrogens is 1. The lowest BCUT2D eigenvalue weighted by Gasteiger charge is -2.39. The van der Waals surface area contributed by atoms with Crippen LogP contribution in [0.3, 0.4) is 0 Å². The number of aromatic amines is 1. The van der Waals surface area contributed by atoms with E-state index >= 15 is 0 Å². The van der Waals surface area contributed by atoms with Gasteiger partial charge in [-0.3, -0.25) is 19.8 Å². The first-order valence-electron chi connectivity index (χ1n) is 21.3. The van der Waals surface area contributed by atoms with Gasteiger partial charge in [-0.1, -0.05) is 43.2 Å². The number of aromatic nitrogens is 2. The molecule has 1 saturated carbocycles. The summed E-state index contributed by atoms with van der Waals surface area (Å²) in [5.74, 6) is 0.365. The van der Waals surface area contributed by atoms with Gasteiger partial charge in [0.1, 0.15) is 28.5 Å². The summed E-state index contributed by atoms with van der Waals surface area (Å²) in [5.41, 5.74) is 5.82. The van der Waals surface area contributed by atoms with E-state index < -0.39 is 22.2 Å². The van der Waals surface area contributed by atoms with Crippen LogP contribution in [0, 0.1) is 21.4 Å². The number of nitrogens with one attached hydrogen (secondary N) is 2. The van der Waals surface area contributed by atoms with Crippen LogP contribution >= 0.6 is 11.6 Å². The monoisotopic (exact) mass is 880 g/mol. The van der Waals surface area contributed by atoms with E-state index in [1.807, 2.05) is 36.4 Å². The molecule has 3 aliphatic rings. The molecule has 5 aromatic rings. The molecule has 62 heavy (non-hydrogen) atoms. The van der Waals surface area contributed by atoms with Crippen molar-refractivity contribution in [2.24, 2.45) is 11.3 Å². The van der Waals surface area contributed by atoms with Gasteiger partial charge in [0.05, 0.1) is 35.5 Å². The summed E-state index contributed by atoms with van der Waals surface area (Å²) in [7, 11) is 1.71. The zero-order valence-electron chi connectivity index (χ0n) is 35.4. The number of allylic oxidation sites excluding steroid dienone is 1. The van der Waals surface area contributed by atoms with Crippen molar-refractivity contribution >= 4 is 56.9 Å². The fourth-order valence-corrected chi connectivity index (χ4v) is 9.73. The van der Waals surface area contributed by atoms with Crippen molar-refractivity contribution in [1.29, 1.82) is 0 Å². The quantitative estimate of drug-likeness (QED) is 0.0625. The molecule has 326 valence electrons. The SMILES string of the molecule is COC1CCC(COc2ccc([S+]([O-])NC(=O)c3ccc(N4CCN(CC5=C(c6ccc(Cl)cc6)CC(C)(C)CC5)CC4)cc3Oc3cnc4[nH]ccc4c3)cc2[N+](=O)[O-])CC1. The Morgan fingerprint density at radius 1 is 1.00 bits per heavy atom. The number of nitro benzene ring substituents is 1. The fraction of sp³-hybridized carbons (Fsp3) is 0.404. The molecule has 0 radical (unpaired) electrons. The molecule has 2 N–H and O–H groups in total. The van der Waals surface area contributed by atoms with Crippen molar-refractivity contribution in [3.63, 3.8) is 0 Å². The Morgan fingerprint density at radius 3 is 2.52 bits per heavy atom. The second-order valence-corrected chi connectivity index (χ2v) is 19.0. The van der Waals surface area contributed by atoms with Crippen molar-refractivity contribution in [2.75, 3.05) is 51.3 Å². The van der Waals surface area contributed by atoms with E-state index in [2.05, 4.69) is 50.5 Å². The zero-order chi connectivity index (χ0) is 43.4. The van der Waals surface area contributed by atoms with Crippen LogP contribution in [0.5, 0.6) is 17.2 Å². The number of rotatable bonds is 14. The van der Waals surface area contributed by atoms with Crippen molar-refractivity contribution in [1.82, 2.24) is 19.6 Å². The number of anilines is 1. The lowest BCUT2D eigenvalue weighted by atomic mass is 9.72. The van der Waals surface area contributed by atoms with Crippen molar-refractivity contribution in [3.05, 3.63) is 117 Å². The van der Waals surface area contributed by atoms with Gasteiger partial charge in [-0.15, -0.1) is 0 Å². The maximum absolute atomic E-state index is 13.9. The number of fused-ring (bicyclic) bond motifs is 1. The van der Waals surface area contributed by atoms with Crippen molar-refractivity contribution in [3.8, 4) is 17.2 Å². The number of pyridine rings is 1. The van der Waals surface area contributed by atoms with Gasteiger partial charge in [0.15, 0.2) is 10.6 Å². The number of hydrogen-bond donors (Lipinski definition) is 2. The largest absolute Gasteiger partial charge is 0.588 e. The first-order chi connectivity index (χ1) is 29.9. The van der Waals surface area contributed by atoms with E-state index in [4.69, 9.17) is 25.8 Å². The number of carbonyl (C=O) groups excluding carboxylic acids is 1. The number of hydrogen-bond acceptors (Lipinski definition) is 10. The Kier molecular flexibility index (Phi) is 13.4. The standard InChI is InChI=1S/C47H53ClN6O7S/c1-47(2)18-16-34(41(27-47)32-6-8-35(48)9-7-32)29-52-20-22-53(23-21-52)36-10-14-40(44(25-36)61-38-24-33-17-19-49-45(33)50-28-38)46(55)51-62(58)39-13-15-43(42(26-39)54(56)57)60-30-31-4-11-37(59-3)12-5-31/h6-10,13-15,17,19,24-26,28,31,37H,4-5,11-12,16,18,20-23,27,29-30H2,1-3H3,(H,49,50)(H,51,55). The highest BCUT2D eigenvalue weighted by molar-refractivity contribution is 7.90. The number of piperazine rings is 1. The summed E-state index contributed by atoms with van der Waals surface area (Å²) in [4.78, 5) is 37.9. The van der Waals surface area contributed by atoms with Crippen LogP contribution in [0.4, 0.5) is 11.4 Å².